The summed E-state index contributed by atoms with van der Waals surface area (Å²) in [6, 6.07) is 13.3. The van der Waals surface area contributed by atoms with Crippen LogP contribution in [0.25, 0.3) is 0 Å². The van der Waals surface area contributed by atoms with Crippen LogP contribution >= 0.6 is 0 Å². The lowest BCUT2D eigenvalue weighted by molar-refractivity contribution is -0.138. The van der Waals surface area contributed by atoms with Gasteiger partial charge < -0.3 is 24.4 Å². The SMILES string of the molecule is O=C(COCCOc1ccccc1)NCc1ccc(N2CCOCC2)cc1C(F)(F)F. The molecule has 1 saturated heterocycles. The van der Waals surface area contributed by atoms with Gasteiger partial charge in [-0.25, -0.2) is 0 Å². The van der Waals surface area contributed by atoms with E-state index in [2.05, 4.69) is 5.32 Å². The average molecular weight is 438 g/mol. The number of hydrogen-bond donors (Lipinski definition) is 1. The van der Waals surface area contributed by atoms with Gasteiger partial charge in [0.25, 0.3) is 0 Å². The van der Waals surface area contributed by atoms with Crippen molar-refractivity contribution in [3.05, 3.63) is 59.7 Å². The summed E-state index contributed by atoms with van der Waals surface area (Å²) >= 11 is 0. The highest BCUT2D eigenvalue weighted by atomic mass is 19.4. The standard InChI is InChI=1S/C22H25F3N2O4/c23-22(24,25)20-14-18(27-8-10-29-11-9-27)7-6-17(20)15-26-21(28)16-30-12-13-31-19-4-2-1-3-5-19/h1-7,14H,8-13,15-16H2,(H,26,28). The van der Waals surface area contributed by atoms with Gasteiger partial charge in [-0.2, -0.15) is 13.2 Å². The number of carbonyl (C=O) groups excluding carboxylic acids is 1. The molecule has 1 heterocycles. The first-order chi connectivity index (χ1) is 14.9. The van der Waals surface area contributed by atoms with Gasteiger partial charge in [0.2, 0.25) is 5.91 Å². The van der Waals surface area contributed by atoms with Crippen molar-refractivity contribution in [3.63, 3.8) is 0 Å². The second-order valence-corrected chi connectivity index (χ2v) is 6.93. The number of morpholine rings is 1. The van der Waals surface area contributed by atoms with Crippen LogP contribution in [0.5, 0.6) is 5.75 Å². The zero-order valence-corrected chi connectivity index (χ0v) is 17.0. The predicted molar refractivity (Wildman–Crippen MR) is 109 cm³/mol. The van der Waals surface area contributed by atoms with Crippen LogP contribution < -0.4 is 15.0 Å². The van der Waals surface area contributed by atoms with Gasteiger partial charge in [-0.3, -0.25) is 4.79 Å². The first kappa shape index (κ1) is 22.9. The van der Waals surface area contributed by atoms with E-state index >= 15 is 0 Å². The van der Waals surface area contributed by atoms with Crippen molar-refractivity contribution in [3.8, 4) is 5.75 Å². The minimum absolute atomic E-state index is 0.00488. The molecule has 0 unspecified atom stereocenters. The fourth-order valence-corrected chi connectivity index (χ4v) is 3.15. The molecule has 31 heavy (non-hydrogen) atoms. The van der Waals surface area contributed by atoms with E-state index in [1.165, 1.54) is 6.07 Å². The Morgan fingerprint density at radius 3 is 2.52 bits per heavy atom. The van der Waals surface area contributed by atoms with Crippen LogP contribution in [-0.2, 0) is 27.0 Å². The summed E-state index contributed by atoms with van der Waals surface area (Å²) in [6.45, 7) is 2.00. The van der Waals surface area contributed by atoms with Gasteiger partial charge in [0.15, 0.2) is 0 Å². The second kappa shape index (κ2) is 11.0. The number of hydrogen-bond acceptors (Lipinski definition) is 5. The zero-order valence-electron chi connectivity index (χ0n) is 17.0. The molecule has 1 aliphatic heterocycles. The van der Waals surface area contributed by atoms with Crippen LogP contribution in [0.3, 0.4) is 0 Å². The number of nitrogens with zero attached hydrogens (tertiary/aromatic N) is 1. The lowest BCUT2D eigenvalue weighted by Crippen LogP contribution is -2.36. The first-order valence-electron chi connectivity index (χ1n) is 9.98. The minimum atomic E-state index is -4.52. The summed E-state index contributed by atoms with van der Waals surface area (Å²) in [7, 11) is 0. The average Bonchev–Trinajstić information content (AvgIpc) is 2.78. The molecule has 0 spiro atoms. The molecule has 0 aliphatic carbocycles. The molecule has 9 heteroatoms. The van der Waals surface area contributed by atoms with E-state index in [-0.39, 0.29) is 31.9 Å². The Hall–Kier alpha value is -2.78. The van der Waals surface area contributed by atoms with E-state index in [4.69, 9.17) is 14.2 Å². The molecule has 0 bridgehead atoms. The largest absolute Gasteiger partial charge is 0.491 e. The van der Waals surface area contributed by atoms with E-state index in [1.54, 1.807) is 18.2 Å². The van der Waals surface area contributed by atoms with Crippen LogP contribution in [0.1, 0.15) is 11.1 Å². The quantitative estimate of drug-likeness (QED) is 0.609. The molecule has 6 nitrogen and oxygen atoms in total. The predicted octanol–water partition coefficient (Wildman–Crippen LogP) is 3.25. The summed E-state index contributed by atoms with van der Waals surface area (Å²) in [5.41, 5.74) is -0.258. The second-order valence-electron chi connectivity index (χ2n) is 6.93. The van der Waals surface area contributed by atoms with Crippen molar-refractivity contribution in [1.29, 1.82) is 0 Å². The van der Waals surface area contributed by atoms with Crippen molar-refractivity contribution in [2.24, 2.45) is 0 Å². The third-order valence-electron chi connectivity index (χ3n) is 4.72. The number of ether oxygens (including phenoxy) is 3. The van der Waals surface area contributed by atoms with Gasteiger partial charge in [-0.1, -0.05) is 24.3 Å². The van der Waals surface area contributed by atoms with Crippen molar-refractivity contribution in [1.82, 2.24) is 5.32 Å². The number of nitrogens with one attached hydrogen (secondary N) is 1. The first-order valence-corrected chi connectivity index (χ1v) is 9.98. The minimum Gasteiger partial charge on any atom is -0.491 e. The Balaban J connectivity index is 1.47. The van der Waals surface area contributed by atoms with E-state index in [9.17, 15) is 18.0 Å². The van der Waals surface area contributed by atoms with Gasteiger partial charge in [0.1, 0.15) is 19.0 Å². The normalized spacial score (nSPS) is 14.4. The third-order valence-corrected chi connectivity index (χ3v) is 4.72. The number of benzene rings is 2. The molecule has 168 valence electrons. The van der Waals surface area contributed by atoms with E-state index in [0.29, 0.717) is 37.7 Å². The van der Waals surface area contributed by atoms with Crippen LogP contribution in [-0.4, -0.2) is 52.0 Å². The molecule has 3 rings (SSSR count). The highest BCUT2D eigenvalue weighted by Crippen LogP contribution is 2.35. The van der Waals surface area contributed by atoms with Gasteiger partial charge in [-0.15, -0.1) is 0 Å². The number of rotatable bonds is 9. The Labute approximate surface area is 178 Å². The van der Waals surface area contributed by atoms with Crippen LogP contribution in [0.15, 0.2) is 48.5 Å². The number of anilines is 1. The van der Waals surface area contributed by atoms with Crippen molar-refractivity contribution in [2.75, 3.05) is 51.0 Å². The summed E-state index contributed by atoms with van der Waals surface area (Å²) in [4.78, 5) is 13.8. The highest BCUT2D eigenvalue weighted by Gasteiger charge is 2.34. The molecular weight excluding hydrogens is 413 g/mol. The number of carbonyl (C=O) groups is 1. The van der Waals surface area contributed by atoms with Crippen molar-refractivity contribution >= 4 is 11.6 Å². The monoisotopic (exact) mass is 438 g/mol. The molecule has 1 aliphatic rings. The fraction of sp³-hybridized carbons (Fsp3) is 0.409. The molecule has 0 radical (unpaired) electrons. The lowest BCUT2D eigenvalue weighted by atomic mass is 10.0. The Kier molecular flexibility index (Phi) is 8.13. The number of halogens is 3. The summed E-state index contributed by atoms with van der Waals surface area (Å²) in [5.74, 6) is 0.195. The maximum atomic E-state index is 13.6. The van der Waals surface area contributed by atoms with Gasteiger partial charge in [0.05, 0.1) is 25.4 Å². The van der Waals surface area contributed by atoms with Gasteiger partial charge in [0, 0.05) is 25.3 Å². The molecule has 2 aromatic carbocycles. The maximum Gasteiger partial charge on any atom is 0.416 e. The molecule has 1 N–H and O–H groups in total. The lowest BCUT2D eigenvalue weighted by Gasteiger charge is -2.29. The fourth-order valence-electron chi connectivity index (χ4n) is 3.15. The highest BCUT2D eigenvalue weighted by molar-refractivity contribution is 5.77. The summed E-state index contributed by atoms with van der Waals surface area (Å²) in [5, 5.41) is 2.48. The molecule has 2 aromatic rings. The molecular formula is C22H25F3N2O4. The van der Waals surface area contributed by atoms with Gasteiger partial charge in [-0.05, 0) is 29.8 Å². The van der Waals surface area contributed by atoms with Crippen molar-refractivity contribution in [2.45, 2.75) is 12.7 Å². The Bertz CT molecular complexity index is 840. The Morgan fingerprint density at radius 1 is 1.06 bits per heavy atom. The summed E-state index contributed by atoms with van der Waals surface area (Å²) in [6.07, 6.45) is -4.52. The number of para-hydroxylation sites is 1. The zero-order chi connectivity index (χ0) is 22.1. The molecule has 1 fully saturated rings. The molecule has 0 saturated carbocycles. The molecule has 0 atom stereocenters. The van der Waals surface area contributed by atoms with E-state index in [0.717, 1.165) is 6.07 Å². The third kappa shape index (κ3) is 7.15. The number of alkyl halides is 3. The van der Waals surface area contributed by atoms with Crippen LogP contribution in [0, 0.1) is 0 Å². The van der Waals surface area contributed by atoms with Gasteiger partial charge >= 0.3 is 6.18 Å². The number of amides is 1. The van der Waals surface area contributed by atoms with E-state index < -0.39 is 17.6 Å². The molecule has 1 amide bonds. The van der Waals surface area contributed by atoms with Crippen molar-refractivity contribution < 1.29 is 32.2 Å². The summed E-state index contributed by atoms with van der Waals surface area (Å²) < 4.78 is 56.6. The maximum absolute atomic E-state index is 13.6. The Morgan fingerprint density at radius 2 is 1.81 bits per heavy atom. The topological polar surface area (TPSA) is 60.0 Å². The molecule has 0 aromatic heterocycles. The van der Waals surface area contributed by atoms with E-state index in [1.807, 2.05) is 23.1 Å². The smallest absolute Gasteiger partial charge is 0.416 e. The van der Waals surface area contributed by atoms with Crippen LogP contribution in [0.4, 0.5) is 18.9 Å². The van der Waals surface area contributed by atoms with Crippen LogP contribution in [0.2, 0.25) is 0 Å².